The van der Waals surface area contributed by atoms with Crippen molar-refractivity contribution in [2.45, 2.75) is 4.90 Å². The molecular formula is C14H9Cl2NO4S. The van der Waals surface area contributed by atoms with E-state index in [4.69, 9.17) is 23.2 Å². The highest BCUT2D eigenvalue weighted by molar-refractivity contribution is 7.90. The van der Waals surface area contributed by atoms with Crippen LogP contribution >= 0.6 is 23.2 Å². The van der Waals surface area contributed by atoms with Gasteiger partial charge in [-0.05, 0) is 35.9 Å². The SMILES string of the molecule is O=C(NS(=O)(=O)c1cccc(C(=O)Cl)c1Cl)c1ccccc1. The minimum absolute atomic E-state index is 0.154. The lowest BCUT2D eigenvalue weighted by Crippen LogP contribution is -2.30. The Hall–Kier alpha value is -1.89. The first-order valence-electron chi connectivity index (χ1n) is 5.93. The normalized spacial score (nSPS) is 11.0. The summed E-state index contributed by atoms with van der Waals surface area (Å²) in [6.07, 6.45) is 0. The highest BCUT2D eigenvalue weighted by Crippen LogP contribution is 2.26. The van der Waals surface area contributed by atoms with Crippen molar-refractivity contribution in [3.05, 3.63) is 64.7 Å². The molecule has 1 N–H and O–H groups in total. The van der Waals surface area contributed by atoms with Crippen LogP contribution in [0.2, 0.25) is 5.02 Å². The summed E-state index contributed by atoms with van der Waals surface area (Å²) < 4.78 is 26.4. The first kappa shape index (κ1) is 16.5. The van der Waals surface area contributed by atoms with E-state index in [1.54, 1.807) is 18.2 Å². The predicted octanol–water partition coefficient (Wildman–Crippen LogP) is 2.84. The lowest BCUT2D eigenvalue weighted by atomic mass is 10.2. The first-order valence-corrected chi connectivity index (χ1v) is 8.17. The summed E-state index contributed by atoms with van der Waals surface area (Å²) in [5, 5.41) is -1.23. The van der Waals surface area contributed by atoms with Crippen molar-refractivity contribution in [3.63, 3.8) is 0 Å². The van der Waals surface area contributed by atoms with E-state index in [0.717, 1.165) is 0 Å². The summed E-state index contributed by atoms with van der Waals surface area (Å²) in [7, 11) is -4.24. The molecule has 0 aliphatic rings. The van der Waals surface area contributed by atoms with Crippen LogP contribution in [0.4, 0.5) is 0 Å². The van der Waals surface area contributed by atoms with Gasteiger partial charge in [0.25, 0.3) is 21.2 Å². The molecule has 0 aliphatic heterocycles. The van der Waals surface area contributed by atoms with Crippen molar-refractivity contribution < 1.29 is 18.0 Å². The molecule has 2 rings (SSSR count). The standard InChI is InChI=1S/C14H9Cl2NO4S/c15-12-10(13(16)18)7-4-8-11(12)22(20,21)17-14(19)9-5-2-1-3-6-9/h1-8H,(H,17,19). The van der Waals surface area contributed by atoms with Crippen LogP contribution in [0.25, 0.3) is 0 Å². The molecule has 2 aromatic carbocycles. The Morgan fingerprint density at radius 1 is 0.955 bits per heavy atom. The summed E-state index contributed by atoms with van der Waals surface area (Å²) >= 11 is 11.2. The van der Waals surface area contributed by atoms with Crippen LogP contribution in [-0.2, 0) is 10.0 Å². The summed E-state index contributed by atoms with van der Waals surface area (Å²) in [6.45, 7) is 0. The average molecular weight is 358 g/mol. The van der Waals surface area contributed by atoms with Gasteiger partial charge in [0.15, 0.2) is 0 Å². The Labute approximate surface area is 136 Å². The van der Waals surface area contributed by atoms with Gasteiger partial charge in [0.05, 0.1) is 10.6 Å². The van der Waals surface area contributed by atoms with Gasteiger partial charge in [0, 0.05) is 5.56 Å². The molecule has 0 bridgehead atoms. The van der Waals surface area contributed by atoms with Gasteiger partial charge in [-0.2, -0.15) is 0 Å². The van der Waals surface area contributed by atoms with E-state index >= 15 is 0 Å². The van der Waals surface area contributed by atoms with Gasteiger partial charge < -0.3 is 0 Å². The summed E-state index contributed by atoms with van der Waals surface area (Å²) in [5.41, 5.74) is 0.0186. The Morgan fingerprint density at radius 2 is 1.59 bits per heavy atom. The number of hydrogen-bond acceptors (Lipinski definition) is 4. The Morgan fingerprint density at radius 3 is 2.18 bits per heavy atom. The molecule has 2 aromatic rings. The summed E-state index contributed by atoms with van der Waals surface area (Å²) in [4.78, 5) is 22.7. The maximum atomic E-state index is 12.2. The van der Waals surface area contributed by atoms with Crippen molar-refractivity contribution in [2.24, 2.45) is 0 Å². The minimum atomic E-state index is -4.24. The monoisotopic (exact) mass is 357 g/mol. The first-order chi connectivity index (χ1) is 10.3. The Kier molecular flexibility index (Phi) is 4.85. The predicted molar refractivity (Wildman–Crippen MR) is 82.7 cm³/mol. The molecule has 0 aliphatic carbocycles. The van der Waals surface area contributed by atoms with Crippen LogP contribution in [0.3, 0.4) is 0 Å². The third kappa shape index (κ3) is 3.47. The molecule has 8 heteroatoms. The second kappa shape index (κ2) is 6.48. The number of amides is 1. The number of carbonyl (C=O) groups is 2. The fourth-order valence-corrected chi connectivity index (χ4v) is 3.49. The maximum Gasteiger partial charge on any atom is 0.265 e. The third-order valence-corrected chi connectivity index (χ3v) is 4.82. The molecule has 22 heavy (non-hydrogen) atoms. The zero-order chi connectivity index (χ0) is 16.3. The summed E-state index contributed by atoms with van der Waals surface area (Å²) in [6, 6.07) is 11.6. The third-order valence-electron chi connectivity index (χ3n) is 2.73. The van der Waals surface area contributed by atoms with E-state index in [2.05, 4.69) is 0 Å². The van der Waals surface area contributed by atoms with E-state index in [9.17, 15) is 18.0 Å². The molecule has 0 unspecified atom stereocenters. The second-order valence-corrected chi connectivity index (χ2v) is 6.56. The minimum Gasteiger partial charge on any atom is -0.276 e. The molecule has 0 fully saturated rings. The number of nitrogens with one attached hydrogen (secondary N) is 1. The molecular weight excluding hydrogens is 349 g/mol. The number of rotatable bonds is 4. The number of benzene rings is 2. The quantitative estimate of drug-likeness (QED) is 0.853. The van der Waals surface area contributed by atoms with Gasteiger partial charge in [0.2, 0.25) is 0 Å². The number of hydrogen-bond donors (Lipinski definition) is 1. The molecule has 0 saturated carbocycles. The van der Waals surface area contributed by atoms with Gasteiger partial charge in [-0.1, -0.05) is 35.9 Å². The van der Waals surface area contributed by atoms with E-state index in [1.165, 1.54) is 30.3 Å². The summed E-state index contributed by atoms with van der Waals surface area (Å²) in [5.74, 6) is -0.806. The van der Waals surface area contributed by atoms with Crippen LogP contribution in [0, 0.1) is 0 Å². The molecule has 1 amide bonds. The van der Waals surface area contributed by atoms with Crippen molar-refractivity contribution in [3.8, 4) is 0 Å². The van der Waals surface area contributed by atoms with Gasteiger partial charge >= 0.3 is 0 Å². The largest absolute Gasteiger partial charge is 0.276 e. The van der Waals surface area contributed by atoms with Crippen LogP contribution in [0.5, 0.6) is 0 Å². The van der Waals surface area contributed by atoms with E-state index in [1.807, 2.05) is 4.72 Å². The molecule has 0 spiro atoms. The lowest BCUT2D eigenvalue weighted by Gasteiger charge is -2.10. The van der Waals surface area contributed by atoms with Gasteiger partial charge in [-0.25, -0.2) is 13.1 Å². The number of halogens is 2. The van der Waals surface area contributed by atoms with Gasteiger partial charge in [-0.15, -0.1) is 0 Å². The fraction of sp³-hybridized carbons (Fsp3) is 0. The van der Waals surface area contributed by atoms with Gasteiger partial charge in [0.1, 0.15) is 4.90 Å². The van der Waals surface area contributed by atoms with Crippen LogP contribution in [0.15, 0.2) is 53.4 Å². The van der Waals surface area contributed by atoms with E-state index < -0.39 is 26.1 Å². The smallest absolute Gasteiger partial charge is 0.265 e. The topological polar surface area (TPSA) is 80.3 Å². The van der Waals surface area contributed by atoms with Crippen molar-refractivity contribution in [2.75, 3.05) is 0 Å². The molecule has 5 nitrogen and oxygen atoms in total. The van der Waals surface area contributed by atoms with Crippen molar-refractivity contribution >= 4 is 44.4 Å². The Balaban J connectivity index is 2.38. The molecule has 0 aromatic heterocycles. The van der Waals surface area contributed by atoms with Gasteiger partial charge in [-0.3, -0.25) is 9.59 Å². The maximum absolute atomic E-state index is 12.2. The lowest BCUT2D eigenvalue weighted by molar-refractivity contribution is 0.0981. The molecule has 0 atom stereocenters. The van der Waals surface area contributed by atoms with Crippen LogP contribution in [0.1, 0.15) is 20.7 Å². The fourth-order valence-electron chi connectivity index (χ4n) is 1.70. The van der Waals surface area contributed by atoms with Crippen LogP contribution in [-0.4, -0.2) is 19.6 Å². The average Bonchev–Trinajstić information content (AvgIpc) is 2.47. The zero-order valence-electron chi connectivity index (χ0n) is 10.9. The highest BCUT2D eigenvalue weighted by Gasteiger charge is 2.24. The second-order valence-electron chi connectivity index (χ2n) is 4.19. The molecule has 0 saturated heterocycles. The zero-order valence-corrected chi connectivity index (χ0v) is 13.2. The number of carbonyl (C=O) groups excluding carboxylic acids is 2. The molecule has 0 heterocycles. The van der Waals surface area contributed by atoms with Crippen LogP contribution < -0.4 is 4.72 Å². The van der Waals surface area contributed by atoms with E-state index in [0.29, 0.717) is 0 Å². The highest BCUT2D eigenvalue weighted by atomic mass is 35.5. The number of sulfonamides is 1. The van der Waals surface area contributed by atoms with E-state index in [-0.39, 0.29) is 16.1 Å². The van der Waals surface area contributed by atoms with Crippen molar-refractivity contribution in [1.82, 2.24) is 4.72 Å². The Bertz CT molecular complexity index is 835. The molecule has 0 radical (unpaired) electrons. The molecule has 114 valence electrons. The van der Waals surface area contributed by atoms with Crippen molar-refractivity contribution in [1.29, 1.82) is 0 Å².